The van der Waals surface area contributed by atoms with Gasteiger partial charge in [-0.15, -0.1) is 0 Å². The van der Waals surface area contributed by atoms with E-state index in [0.29, 0.717) is 27.6 Å². The minimum atomic E-state index is -0.319. The Hall–Kier alpha value is -4.39. The number of nitrogens with two attached hydrogens (primary N) is 1. The third-order valence-corrected chi connectivity index (χ3v) is 7.59. The smallest absolute Gasteiger partial charge is 0.251 e. The van der Waals surface area contributed by atoms with Crippen LogP contribution in [0.4, 0.5) is 11.8 Å². The van der Waals surface area contributed by atoms with Crippen molar-refractivity contribution in [1.29, 1.82) is 5.26 Å². The van der Waals surface area contributed by atoms with Crippen LogP contribution in [-0.4, -0.2) is 54.0 Å². The maximum atomic E-state index is 13.2. The predicted molar refractivity (Wildman–Crippen MR) is 157 cm³/mol. The second kappa shape index (κ2) is 11.4. The summed E-state index contributed by atoms with van der Waals surface area (Å²) in [6.07, 6.45) is 0. The molecule has 0 aliphatic carbocycles. The first-order chi connectivity index (χ1) is 19.2. The number of carbonyl (C=O) groups is 1. The van der Waals surface area contributed by atoms with Crippen molar-refractivity contribution in [2.24, 2.45) is 0 Å². The Morgan fingerprint density at radius 2 is 1.90 bits per heavy atom. The van der Waals surface area contributed by atoms with Crippen molar-refractivity contribution >= 4 is 40.2 Å². The number of anilines is 2. The fraction of sp³-hybridized carbons (Fsp3) is 0.267. The normalized spacial score (nSPS) is 14.5. The third-order valence-electron chi connectivity index (χ3n) is 7.10. The highest BCUT2D eigenvalue weighted by Gasteiger charge is 2.20. The van der Waals surface area contributed by atoms with Gasteiger partial charge in [-0.2, -0.15) is 10.2 Å². The summed E-state index contributed by atoms with van der Waals surface area (Å²) in [6, 6.07) is 18.1. The molecule has 1 amide bonds. The fourth-order valence-electron chi connectivity index (χ4n) is 4.72. The topological polar surface area (TPSA) is 120 Å². The van der Waals surface area contributed by atoms with E-state index in [4.69, 9.17) is 22.1 Å². The van der Waals surface area contributed by atoms with Crippen LogP contribution in [0.5, 0.6) is 11.5 Å². The number of nitrogen functional groups attached to an aromatic ring is 1. The van der Waals surface area contributed by atoms with Crippen molar-refractivity contribution in [3.05, 3.63) is 81.9 Å². The number of fused-ring (bicyclic) bond motifs is 1. The van der Waals surface area contributed by atoms with Crippen LogP contribution < -0.4 is 20.7 Å². The molecule has 1 aliphatic rings. The van der Waals surface area contributed by atoms with Crippen LogP contribution in [0, 0.1) is 18.3 Å². The number of hydrogen-bond acceptors (Lipinski definition) is 8. The van der Waals surface area contributed by atoms with Crippen LogP contribution in [-0.2, 0) is 0 Å². The Balaban J connectivity index is 1.33. The molecule has 204 valence electrons. The summed E-state index contributed by atoms with van der Waals surface area (Å²) < 4.78 is 5.99. The van der Waals surface area contributed by atoms with Crippen molar-refractivity contribution in [2.45, 2.75) is 19.9 Å². The SMILES string of the molecule is Cc1ccc(Oc2cccc(C(C)NC(=O)c3ccc4c(N5CCN(C)CC5)nc(N)nc4c3)c2)c(C#N)c1Cl. The molecule has 5 rings (SSSR count). The average Bonchev–Trinajstić information content (AvgIpc) is 2.95. The molecule has 1 aromatic heterocycles. The summed E-state index contributed by atoms with van der Waals surface area (Å²) in [5.74, 6) is 1.64. The van der Waals surface area contributed by atoms with E-state index in [-0.39, 0.29) is 23.5 Å². The monoisotopic (exact) mass is 555 g/mol. The van der Waals surface area contributed by atoms with Crippen molar-refractivity contribution in [3.63, 3.8) is 0 Å². The minimum Gasteiger partial charge on any atom is -0.456 e. The number of benzene rings is 3. The quantitative estimate of drug-likeness (QED) is 0.338. The summed E-state index contributed by atoms with van der Waals surface area (Å²) in [6.45, 7) is 7.30. The van der Waals surface area contributed by atoms with Crippen molar-refractivity contribution < 1.29 is 9.53 Å². The van der Waals surface area contributed by atoms with Gasteiger partial charge in [0.2, 0.25) is 5.95 Å². The van der Waals surface area contributed by atoms with Crippen LogP contribution in [0.25, 0.3) is 10.9 Å². The highest BCUT2D eigenvalue weighted by Crippen LogP contribution is 2.33. The Morgan fingerprint density at radius 1 is 1.12 bits per heavy atom. The van der Waals surface area contributed by atoms with Crippen LogP contribution >= 0.6 is 11.6 Å². The summed E-state index contributed by atoms with van der Waals surface area (Å²) in [4.78, 5) is 26.6. The van der Waals surface area contributed by atoms with Gasteiger partial charge in [0.15, 0.2) is 0 Å². The lowest BCUT2D eigenvalue weighted by molar-refractivity contribution is 0.0940. The zero-order valence-corrected chi connectivity index (χ0v) is 23.4. The number of piperazine rings is 1. The Labute approximate surface area is 238 Å². The number of aryl methyl sites for hydroxylation is 1. The van der Waals surface area contributed by atoms with E-state index in [1.165, 1.54) is 0 Å². The number of nitrogens with one attached hydrogen (secondary N) is 1. The first-order valence-electron chi connectivity index (χ1n) is 13.0. The van der Waals surface area contributed by atoms with Gasteiger partial charge in [0.25, 0.3) is 5.91 Å². The van der Waals surface area contributed by atoms with E-state index >= 15 is 0 Å². The zero-order valence-electron chi connectivity index (χ0n) is 22.6. The van der Waals surface area contributed by atoms with Gasteiger partial charge < -0.3 is 25.6 Å². The maximum absolute atomic E-state index is 13.2. The molecule has 2 heterocycles. The Morgan fingerprint density at radius 3 is 2.65 bits per heavy atom. The third kappa shape index (κ3) is 5.64. The number of halogens is 1. The van der Waals surface area contributed by atoms with Gasteiger partial charge in [-0.1, -0.05) is 29.8 Å². The largest absolute Gasteiger partial charge is 0.456 e. The standard InChI is InChI=1S/C30H30ClN7O2/c1-18-7-10-26(24(17-32)27(18)31)40-22-6-4-5-20(15-22)19(2)34-29(39)21-8-9-23-25(16-21)35-30(33)36-28(23)38-13-11-37(3)12-14-38/h4-10,15-16,19H,11-14H2,1-3H3,(H,34,39)(H2,33,35,36). The van der Waals surface area contributed by atoms with Gasteiger partial charge in [-0.05, 0) is 68.4 Å². The van der Waals surface area contributed by atoms with Gasteiger partial charge >= 0.3 is 0 Å². The molecule has 1 saturated heterocycles. The Bertz CT molecular complexity index is 1630. The van der Waals surface area contributed by atoms with E-state index in [9.17, 15) is 10.1 Å². The second-order valence-corrected chi connectivity index (χ2v) is 10.4. The summed E-state index contributed by atoms with van der Waals surface area (Å²) >= 11 is 6.29. The number of rotatable bonds is 6. The van der Waals surface area contributed by atoms with Crippen LogP contribution in [0.15, 0.2) is 54.6 Å². The molecule has 0 radical (unpaired) electrons. The lowest BCUT2D eigenvalue weighted by Gasteiger charge is -2.33. The van der Waals surface area contributed by atoms with Gasteiger partial charge in [0.1, 0.15) is 28.9 Å². The molecule has 0 bridgehead atoms. The van der Waals surface area contributed by atoms with Gasteiger partial charge in [-0.25, -0.2) is 4.98 Å². The molecule has 10 heteroatoms. The van der Waals surface area contributed by atoms with Crippen LogP contribution in [0.3, 0.4) is 0 Å². The highest BCUT2D eigenvalue weighted by molar-refractivity contribution is 6.32. The lowest BCUT2D eigenvalue weighted by atomic mass is 10.1. The molecular weight excluding hydrogens is 526 g/mol. The van der Waals surface area contributed by atoms with Crippen molar-refractivity contribution in [3.8, 4) is 17.6 Å². The first-order valence-corrected chi connectivity index (χ1v) is 13.4. The molecular formula is C30H30ClN7O2. The van der Waals surface area contributed by atoms with E-state index in [2.05, 4.69) is 38.2 Å². The van der Waals surface area contributed by atoms with E-state index in [1.807, 2.05) is 38.1 Å². The second-order valence-electron chi connectivity index (χ2n) is 9.98. The number of nitriles is 1. The summed E-state index contributed by atoms with van der Waals surface area (Å²) in [7, 11) is 2.10. The zero-order chi connectivity index (χ0) is 28.4. The van der Waals surface area contributed by atoms with Gasteiger partial charge in [-0.3, -0.25) is 4.79 Å². The first kappa shape index (κ1) is 27.2. The van der Waals surface area contributed by atoms with E-state index in [1.54, 1.807) is 30.3 Å². The van der Waals surface area contributed by atoms with Crippen molar-refractivity contribution in [2.75, 3.05) is 43.9 Å². The molecule has 40 heavy (non-hydrogen) atoms. The van der Waals surface area contributed by atoms with Crippen LogP contribution in [0.2, 0.25) is 5.02 Å². The minimum absolute atomic E-state index is 0.179. The average molecular weight is 556 g/mol. The lowest BCUT2D eigenvalue weighted by Crippen LogP contribution is -2.45. The molecule has 9 nitrogen and oxygen atoms in total. The molecule has 3 N–H and O–H groups in total. The van der Waals surface area contributed by atoms with Crippen molar-refractivity contribution in [1.82, 2.24) is 20.2 Å². The van der Waals surface area contributed by atoms with Gasteiger partial charge in [0, 0.05) is 37.1 Å². The molecule has 4 aromatic rings. The number of carbonyl (C=O) groups excluding carboxylic acids is 1. The van der Waals surface area contributed by atoms with Gasteiger partial charge in [0.05, 0.1) is 16.6 Å². The maximum Gasteiger partial charge on any atom is 0.251 e. The Kier molecular flexibility index (Phi) is 7.74. The molecule has 1 atom stereocenters. The molecule has 3 aromatic carbocycles. The number of amides is 1. The summed E-state index contributed by atoms with van der Waals surface area (Å²) in [5.41, 5.74) is 9.07. The molecule has 0 spiro atoms. The number of nitrogens with zero attached hydrogens (tertiary/aromatic N) is 5. The fourth-order valence-corrected chi connectivity index (χ4v) is 4.92. The molecule has 1 fully saturated rings. The predicted octanol–water partition coefficient (Wildman–Crippen LogP) is 5.08. The number of aromatic nitrogens is 2. The highest BCUT2D eigenvalue weighted by atomic mass is 35.5. The van der Waals surface area contributed by atoms with Crippen LogP contribution in [0.1, 0.15) is 40.0 Å². The molecule has 0 saturated carbocycles. The molecule has 1 aliphatic heterocycles. The summed E-state index contributed by atoms with van der Waals surface area (Å²) in [5, 5.41) is 13.8. The van der Waals surface area contributed by atoms with E-state index in [0.717, 1.165) is 48.5 Å². The number of ether oxygens (including phenoxy) is 1. The molecule has 1 unspecified atom stereocenters. The number of hydrogen-bond donors (Lipinski definition) is 2. The van der Waals surface area contributed by atoms with E-state index < -0.39 is 0 Å². The number of likely N-dealkylation sites (N-methyl/N-ethyl adjacent to an activating group) is 1.